The number of hydrogen-bond acceptors (Lipinski definition) is 1. The summed E-state index contributed by atoms with van der Waals surface area (Å²) in [5.41, 5.74) is 0. The molecule has 0 N–H and O–H groups in total. The summed E-state index contributed by atoms with van der Waals surface area (Å²) in [5, 5.41) is 0. The third-order valence-electron chi connectivity index (χ3n) is 4.56. The summed E-state index contributed by atoms with van der Waals surface area (Å²) < 4.78 is 0. The van der Waals surface area contributed by atoms with Crippen molar-refractivity contribution in [3.63, 3.8) is 0 Å². The van der Waals surface area contributed by atoms with E-state index in [1.54, 1.807) is 0 Å². The van der Waals surface area contributed by atoms with Gasteiger partial charge in [-0.25, -0.2) is 0 Å². The Morgan fingerprint density at radius 3 is 2.80 bits per heavy atom. The van der Waals surface area contributed by atoms with E-state index in [1.807, 2.05) is 0 Å². The SMILES string of the molecule is CCCCC[C@H]1CC[C@H](C)[C@H]2CCCN12. The van der Waals surface area contributed by atoms with Gasteiger partial charge in [-0.2, -0.15) is 0 Å². The summed E-state index contributed by atoms with van der Waals surface area (Å²) in [7, 11) is 0. The highest BCUT2D eigenvalue weighted by Crippen LogP contribution is 2.36. The van der Waals surface area contributed by atoms with Gasteiger partial charge in [0.2, 0.25) is 0 Å². The summed E-state index contributed by atoms with van der Waals surface area (Å²) in [5.74, 6) is 0.968. The average Bonchev–Trinajstić information content (AvgIpc) is 2.71. The molecule has 1 heteroatoms. The molecule has 0 aliphatic carbocycles. The minimum atomic E-state index is 0.945. The van der Waals surface area contributed by atoms with Crippen LogP contribution in [0.15, 0.2) is 0 Å². The lowest BCUT2D eigenvalue weighted by Gasteiger charge is -2.41. The Balaban J connectivity index is 1.84. The Labute approximate surface area is 95.2 Å². The molecule has 0 saturated carbocycles. The first-order chi connectivity index (χ1) is 7.33. The number of unbranched alkanes of at least 4 members (excludes halogenated alkanes) is 2. The van der Waals surface area contributed by atoms with Gasteiger partial charge in [0.1, 0.15) is 0 Å². The van der Waals surface area contributed by atoms with E-state index in [0.717, 1.165) is 18.0 Å². The zero-order valence-electron chi connectivity index (χ0n) is 10.5. The number of piperidine rings is 1. The van der Waals surface area contributed by atoms with E-state index in [-0.39, 0.29) is 0 Å². The predicted octanol–water partition coefficient (Wildman–Crippen LogP) is 3.83. The summed E-state index contributed by atoms with van der Waals surface area (Å²) in [4.78, 5) is 2.85. The van der Waals surface area contributed by atoms with Gasteiger partial charge >= 0.3 is 0 Å². The molecular weight excluding hydrogens is 182 g/mol. The highest BCUT2D eigenvalue weighted by atomic mass is 15.2. The first kappa shape index (κ1) is 11.4. The van der Waals surface area contributed by atoms with Crippen LogP contribution in [0.1, 0.15) is 65.2 Å². The second-order valence-corrected chi connectivity index (χ2v) is 5.65. The zero-order valence-corrected chi connectivity index (χ0v) is 10.5. The lowest BCUT2D eigenvalue weighted by Crippen LogP contribution is -2.46. The van der Waals surface area contributed by atoms with Crippen LogP contribution in [-0.2, 0) is 0 Å². The first-order valence-corrected chi connectivity index (χ1v) is 7.08. The van der Waals surface area contributed by atoms with Crippen molar-refractivity contribution in [2.75, 3.05) is 6.54 Å². The molecule has 0 radical (unpaired) electrons. The summed E-state index contributed by atoms with van der Waals surface area (Å²) in [6, 6.07) is 1.89. The number of hydrogen-bond donors (Lipinski definition) is 0. The molecule has 0 spiro atoms. The molecule has 2 aliphatic heterocycles. The minimum absolute atomic E-state index is 0.945. The van der Waals surface area contributed by atoms with Crippen LogP contribution in [0.5, 0.6) is 0 Å². The predicted molar refractivity (Wildman–Crippen MR) is 66.1 cm³/mol. The van der Waals surface area contributed by atoms with Crippen molar-refractivity contribution in [1.29, 1.82) is 0 Å². The zero-order chi connectivity index (χ0) is 10.7. The van der Waals surface area contributed by atoms with Crippen molar-refractivity contribution in [3.05, 3.63) is 0 Å². The molecule has 0 aromatic rings. The van der Waals surface area contributed by atoms with Gasteiger partial charge in [-0.1, -0.05) is 33.1 Å². The fourth-order valence-electron chi connectivity index (χ4n) is 3.63. The Bertz CT molecular complexity index is 190. The highest BCUT2D eigenvalue weighted by Gasteiger charge is 2.37. The molecule has 2 rings (SSSR count). The van der Waals surface area contributed by atoms with Gasteiger partial charge in [-0.05, 0) is 44.6 Å². The molecule has 0 amide bonds. The molecule has 2 fully saturated rings. The van der Waals surface area contributed by atoms with E-state index >= 15 is 0 Å². The molecule has 88 valence electrons. The number of nitrogens with zero attached hydrogens (tertiary/aromatic N) is 1. The fourth-order valence-corrected chi connectivity index (χ4v) is 3.63. The maximum Gasteiger partial charge on any atom is 0.0124 e. The molecule has 2 heterocycles. The van der Waals surface area contributed by atoms with Crippen LogP contribution < -0.4 is 0 Å². The summed E-state index contributed by atoms with van der Waals surface area (Å²) in [6.45, 7) is 6.17. The number of rotatable bonds is 4. The third-order valence-corrected chi connectivity index (χ3v) is 4.56. The van der Waals surface area contributed by atoms with E-state index in [1.165, 1.54) is 57.9 Å². The van der Waals surface area contributed by atoms with Crippen molar-refractivity contribution < 1.29 is 0 Å². The van der Waals surface area contributed by atoms with Crippen molar-refractivity contribution in [2.24, 2.45) is 5.92 Å². The van der Waals surface area contributed by atoms with E-state index in [4.69, 9.17) is 0 Å². The average molecular weight is 209 g/mol. The molecule has 0 aromatic heterocycles. The summed E-state index contributed by atoms with van der Waals surface area (Å²) in [6.07, 6.45) is 11.6. The van der Waals surface area contributed by atoms with Crippen LogP contribution >= 0.6 is 0 Å². The van der Waals surface area contributed by atoms with Gasteiger partial charge in [0.05, 0.1) is 0 Å². The maximum absolute atomic E-state index is 2.85. The number of fused-ring (bicyclic) bond motifs is 1. The quantitative estimate of drug-likeness (QED) is 0.636. The topological polar surface area (TPSA) is 3.24 Å². The second-order valence-electron chi connectivity index (χ2n) is 5.65. The fraction of sp³-hybridized carbons (Fsp3) is 1.00. The van der Waals surface area contributed by atoms with Gasteiger partial charge < -0.3 is 0 Å². The first-order valence-electron chi connectivity index (χ1n) is 7.08. The summed E-state index contributed by atoms with van der Waals surface area (Å²) >= 11 is 0. The molecule has 2 saturated heterocycles. The molecule has 0 bridgehead atoms. The maximum atomic E-state index is 2.85. The van der Waals surface area contributed by atoms with Crippen LogP contribution in [-0.4, -0.2) is 23.5 Å². The largest absolute Gasteiger partial charge is 0.297 e. The van der Waals surface area contributed by atoms with Crippen LogP contribution in [0, 0.1) is 5.92 Å². The van der Waals surface area contributed by atoms with Crippen LogP contribution in [0.2, 0.25) is 0 Å². The van der Waals surface area contributed by atoms with Gasteiger partial charge in [-0.3, -0.25) is 4.90 Å². The Morgan fingerprint density at radius 2 is 2.00 bits per heavy atom. The molecule has 2 aliphatic rings. The standard InChI is InChI=1S/C14H27N/c1-3-4-5-7-13-10-9-12(2)14-8-6-11-15(13)14/h12-14H,3-11H2,1-2H3/t12-,13-,14+/m0/s1. The molecule has 1 nitrogen and oxygen atoms in total. The minimum Gasteiger partial charge on any atom is -0.297 e. The molecular formula is C14H27N. The molecule has 15 heavy (non-hydrogen) atoms. The lowest BCUT2D eigenvalue weighted by molar-refractivity contribution is 0.0751. The van der Waals surface area contributed by atoms with Crippen molar-refractivity contribution >= 4 is 0 Å². The Morgan fingerprint density at radius 1 is 1.13 bits per heavy atom. The van der Waals surface area contributed by atoms with E-state index in [9.17, 15) is 0 Å². The van der Waals surface area contributed by atoms with Crippen molar-refractivity contribution in [1.82, 2.24) is 4.90 Å². The highest BCUT2D eigenvalue weighted by molar-refractivity contribution is 4.92. The van der Waals surface area contributed by atoms with Crippen molar-refractivity contribution in [2.45, 2.75) is 77.3 Å². The molecule has 3 atom stereocenters. The monoisotopic (exact) mass is 209 g/mol. The van der Waals surface area contributed by atoms with Gasteiger partial charge in [0, 0.05) is 12.1 Å². The Kier molecular flexibility index (Phi) is 4.07. The van der Waals surface area contributed by atoms with Crippen LogP contribution in [0.3, 0.4) is 0 Å². The van der Waals surface area contributed by atoms with Gasteiger partial charge in [-0.15, -0.1) is 0 Å². The third kappa shape index (κ3) is 2.55. The van der Waals surface area contributed by atoms with E-state index in [0.29, 0.717) is 0 Å². The van der Waals surface area contributed by atoms with Crippen molar-refractivity contribution in [3.8, 4) is 0 Å². The van der Waals surface area contributed by atoms with E-state index < -0.39 is 0 Å². The van der Waals surface area contributed by atoms with Crippen LogP contribution in [0.4, 0.5) is 0 Å². The smallest absolute Gasteiger partial charge is 0.0124 e. The second kappa shape index (κ2) is 5.34. The Hall–Kier alpha value is -0.0400. The molecule has 0 unspecified atom stereocenters. The lowest BCUT2D eigenvalue weighted by atomic mass is 9.85. The van der Waals surface area contributed by atoms with Gasteiger partial charge in [0.15, 0.2) is 0 Å². The van der Waals surface area contributed by atoms with Crippen LogP contribution in [0.25, 0.3) is 0 Å². The van der Waals surface area contributed by atoms with Gasteiger partial charge in [0.25, 0.3) is 0 Å². The normalized spacial score (nSPS) is 36.8. The molecule has 0 aromatic carbocycles. The van der Waals surface area contributed by atoms with E-state index in [2.05, 4.69) is 18.7 Å².